The van der Waals surface area contributed by atoms with Gasteiger partial charge in [-0.15, -0.1) is 0 Å². The second-order valence-corrected chi connectivity index (χ2v) is 5.97. The summed E-state index contributed by atoms with van der Waals surface area (Å²) >= 11 is 5.92. The highest BCUT2D eigenvalue weighted by atomic mass is 35.5. The molecule has 0 aliphatic heterocycles. The van der Waals surface area contributed by atoms with Gasteiger partial charge < -0.3 is 10.2 Å². The summed E-state index contributed by atoms with van der Waals surface area (Å²) < 4.78 is 0. The molecule has 0 saturated carbocycles. The van der Waals surface area contributed by atoms with E-state index in [1.807, 2.05) is 50.2 Å². The number of benzene rings is 1. The average molecular weight is 332 g/mol. The molecule has 1 heterocycles. The van der Waals surface area contributed by atoms with E-state index in [1.54, 1.807) is 24.3 Å². The Bertz CT molecular complexity index is 630. The summed E-state index contributed by atoms with van der Waals surface area (Å²) in [5.41, 5.74) is 2.10. The van der Waals surface area contributed by atoms with E-state index >= 15 is 0 Å². The molecule has 2 unspecified atom stereocenters. The molecule has 4 nitrogen and oxygen atoms in total. The smallest absolute Gasteiger partial charge is 0.318 e. The van der Waals surface area contributed by atoms with Gasteiger partial charge in [-0.25, -0.2) is 4.79 Å². The minimum atomic E-state index is -0.101. The predicted octanol–water partition coefficient (Wildman–Crippen LogP) is 4.59. The standard InChI is InChI=1S/C18H22ClN3O/c1-4-17(15-5-7-16(19)8-6-15)21-18(23)22(3)13(2)14-9-11-20-12-10-14/h5-13,17H,4H2,1-3H3,(H,21,23). The summed E-state index contributed by atoms with van der Waals surface area (Å²) in [7, 11) is 1.80. The Morgan fingerprint density at radius 2 is 1.78 bits per heavy atom. The second kappa shape index (κ2) is 7.97. The molecule has 1 aromatic heterocycles. The van der Waals surface area contributed by atoms with Gasteiger partial charge in [0.25, 0.3) is 0 Å². The molecule has 0 fully saturated rings. The van der Waals surface area contributed by atoms with Gasteiger partial charge >= 0.3 is 6.03 Å². The fourth-order valence-corrected chi connectivity index (χ4v) is 2.53. The van der Waals surface area contributed by atoms with Gasteiger partial charge in [0.1, 0.15) is 0 Å². The van der Waals surface area contributed by atoms with Gasteiger partial charge in [0, 0.05) is 24.5 Å². The van der Waals surface area contributed by atoms with Crippen LogP contribution in [0, 0.1) is 0 Å². The number of aromatic nitrogens is 1. The van der Waals surface area contributed by atoms with Crippen molar-refractivity contribution in [1.29, 1.82) is 0 Å². The Hall–Kier alpha value is -2.07. The van der Waals surface area contributed by atoms with E-state index in [0.717, 1.165) is 17.5 Å². The van der Waals surface area contributed by atoms with Crippen LogP contribution in [-0.2, 0) is 0 Å². The first kappa shape index (κ1) is 17.3. The maximum Gasteiger partial charge on any atom is 0.318 e. The molecule has 0 aliphatic rings. The lowest BCUT2D eigenvalue weighted by Gasteiger charge is -2.28. The highest BCUT2D eigenvalue weighted by Gasteiger charge is 2.20. The molecule has 1 N–H and O–H groups in total. The lowest BCUT2D eigenvalue weighted by molar-refractivity contribution is 0.190. The highest BCUT2D eigenvalue weighted by Crippen LogP contribution is 2.22. The molecule has 0 bridgehead atoms. The van der Waals surface area contributed by atoms with Crippen LogP contribution in [0.25, 0.3) is 0 Å². The van der Waals surface area contributed by atoms with Crippen molar-refractivity contribution in [3.8, 4) is 0 Å². The molecule has 5 heteroatoms. The first-order valence-corrected chi connectivity index (χ1v) is 8.09. The van der Waals surface area contributed by atoms with Gasteiger partial charge in [-0.2, -0.15) is 0 Å². The molecule has 0 spiro atoms. The number of carbonyl (C=O) groups is 1. The van der Waals surface area contributed by atoms with Crippen LogP contribution in [0.5, 0.6) is 0 Å². The van der Waals surface area contributed by atoms with Crippen molar-refractivity contribution in [2.24, 2.45) is 0 Å². The quantitative estimate of drug-likeness (QED) is 0.871. The molecular weight excluding hydrogens is 310 g/mol. The van der Waals surface area contributed by atoms with Crippen LogP contribution in [0.15, 0.2) is 48.8 Å². The van der Waals surface area contributed by atoms with Crippen molar-refractivity contribution in [2.75, 3.05) is 7.05 Å². The Balaban J connectivity index is 2.05. The van der Waals surface area contributed by atoms with Crippen LogP contribution in [0.4, 0.5) is 4.79 Å². The third-order valence-corrected chi connectivity index (χ3v) is 4.32. The lowest BCUT2D eigenvalue weighted by Crippen LogP contribution is -2.40. The molecule has 23 heavy (non-hydrogen) atoms. The Labute approximate surface area is 142 Å². The van der Waals surface area contributed by atoms with Crippen molar-refractivity contribution in [3.05, 3.63) is 64.9 Å². The van der Waals surface area contributed by atoms with Crippen LogP contribution in [0.3, 0.4) is 0 Å². The summed E-state index contributed by atoms with van der Waals surface area (Å²) in [4.78, 5) is 18.3. The minimum absolute atomic E-state index is 0.0271. The molecule has 0 aliphatic carbocycles. The van der Waals surface area contributed by atoms with Gasteiger partial charge in [0.15, 0.2) is 0 Å². The fourth-order valence-electron chi connectivity index (χ4n) is 2.41. The Morgan fingerprint density at radius 1 is 1.17 bits per heavy atom. The first-order chi connectivity index (χ1) is 11.0. The molecule has 0 saturated heterocycles. The number of nitrogens with zero attached hydrogens (tertiary/aromatic N) is 2. The third kappa shape index (κ3) is 4.45. The molecule has 122 valence electrons. The van der Waals surface area contributed by atoms with Gasteiger partial charge in [-0.3, -0.25) is 4.98 Å². The first-order valence-electron chi connectivity index (χ1n) is 7.71. The zero-order chi connectivity index (χ0) is 16.8. The average Bonchev–Trinajstić information content (AvgIpc) is 2.59. The molecule has 2 rings (SSSR count). The molecular formula is C18H22ClN3O. The number of amides is 2. The number of hydrogen-bond donors (Lipinski definition) is 1. The monoisotopic (exact) mass is 331 g/mol. The summed E-state index contributed by atoms with van der Waals surface area (Å²) in [6, 6.07) is 11.3. The topological polar surface area (TPSA) is 45.2 Å². The molecule has 2 amide bonds. The maximum absolute atomic E-state index is 12.5. The third-order valence-electron chi connectivity index (χ3n) is 4.07. The number of nitrogens with one attached hydrogen (secondary N) is 1. The Kier molecular flexibility index (Phi) is 5.99. The van der Waals surface area contributed by atoms with E-state index in [9.17, 15) is 4.79 Å². The van der Waals surface area contributed by atoms with Crippen LogP contribution < -0.4 is 5.32 Å². The number of rotatable bonds is 5. The van der Waals surface area contributed by atoms with Crippen LogP contribution in [-0.4, -0.2) is 23.0 Å². The largest absolute Gasteiger partial charge is 0.331 e. The Morgan fingerprint density at radius 3 is 2.35 bits per heavy atom. The summed E-state index contributed by atoms with van der Waals surface area (Å²) in [5.74, 6) is 0. The minimum Gasteiger partial charge on any atom is -0.331 e. The van der Waals surface area contributed by atoms with Crippen LogP contribution in [0.2, 0.25) is 5.02 Å². The predicted molar refractivity (Wildman–Crippen MR) is 93.4 cm³/mol. The van der Waals surface area contributed by atoms with Crippen molar-refractivity contribution in [2.45, 2.75) is 32.4 Å². The highest BCUT2D eigenvalue weighted by molar-refractivity contribution is 6.30. The SMILES string of the molecule is CCC(NC(=O)N(C)C(C)c1ccncc1)c1ccc(Cl)cc1. The molecule has 2 atom stereocenters. The van der Waals surface area contributed by atoms with Gasteiger partial charge in [-0.1, -0.05) is 30.7 Å². The fraction of sp³-hybridized carbons (Fsp3) is 0.333. The second-order valence-electron chi connectivity index (χ2n) is 5.53. The van der Waals surface area contributed by atoms with E-state index in [4.69, 9.17) is 11.6 Å². The molecule has 0 radical (unpaired) electrons. The maximum atomic E-state index is 12.5. The number of urea groups is 1. The van der Waals surface area contributed by atoms with Crippen molar-refractivity contribution < 1.29 is 4.79 Å². The number of carbonyl (C=O) groups excluding carboxylic acids is 1. The summed E-state index contributed by atoms with van der Waals surface area (Å²) in [6.07, 6.45) is 4.28. The van der Waals surface area contributed by atoms with E-state index in [-0.39, 0.29) is 18.1 Å². The van der Waals surface area contributed by atoms with Crippen molar-refractivity contribution in [1.82, 2.24) is 15.2 Å². The lowest BCUT2D eigenvalue weighted by atomic mass is 10.0. The zero-order valence-corrected chi connectivity index (χ0v) is 14.4. The van der Waals surface area contributed by atoms with Crippen LogP contribution in [0.1, 0.15) is 43.5 Å². The van der Waals surface area contributed by atoms with E-state index in [1.165, 1.54) is 0 Å². The van der Waals surface area contributed by atoms with Crippen molar-refractivity contribution >= 4 is 17.6 Å². The van der Waals surface area contributed by atoms with Gasteiger partial charge in [0.2, 0.25) is 0 Å². The number of halogens is 1. The van der Waals surface area contributed by atoms with Gasteiger partial charge in [-0.05, 0) is 48.7 Å². The molecule has 1 aromatic carbocycles. The summed E-state index contributed by atoms with van der Waals surface area (Å²) in [6.45, 7) is 4.05. The molecule has 2 aromatic rings. The number of pyridine rings is 1. The zero-order valence-electron chi connectivity index (χ0n) is 13.7. The van der Waals surface area contributed by atoms with Crippen LogP contribution >= 0.6 is 11.6 Å². The van der Waals surface area contributed by atoms with Crippen molar-refractivity contribution in [3.63, 3.8) is 0 Å². The van der Waals surface area contributed by atoms with E-state index in [2.05, 4.69) is 10.3 Å². The summed E-state index contributed by atoms with van der Waals surface area (Å²) in [5, 5.41) is 3.77. The number of hydrogen-bond acceptors (Lipinski definition) is 2. The normalized spacial score (nSPS) is 13.2. The van der Waals surface area contributed by atoms with Gasteiger partial charge in [0.05, 0.1) is 12.1 Å². The van der Waals surface area contributed by atoms with E-state index < -0.39 is 0 Å². The van der Waals surface area contributed by atoms with E-state index in [0.29, 0.717) is 5.02 Å².